The summed E-state index contributed by atoms with van der Waals surface area (Å²) in [5.41, 5.74) is 3.48. The number of carbonyl (C=O) groups excluding carboxylic acids is 1. The summed E-state index contributed by atoms with van der Waals surface area (Å²) in [5, 5.41) is 20.6. The molecular formula is C27H35FO6. The van der Waals surface area contributed by atoms with Gasteiger partial charge in [-0.1, -0.05) is 38.1 Å². The van der Waals surface area contributed by atoms with Crippen LogP contribution in [-0.2, 0) is 14.3 Å². The van der Waals surface area contributed by atoms with Gasteiger partial charge in [-0.15, -0.1) is 0 Å². The van der Waals surface area contributed by atoms with Crippen LogP contribution in [-0.4, -0.2) is 55.3 Å². The number of ether oxygens (including phenoxy) is 3. The number of methoxy groups -OCH3 is 1. The van der Waals surface area contributed by atoms with Gasteiger partial charge in [0, 0.05) is 13.5 Å². The van der Waals surface area contributed by atoms with E-state index in [1.807, 2.05) is 12.1 Å². The number of aliphatic hydroxyl groups excluding tert-OH is 2. The molecule has 0 fully saturated rings. The first-order chi connectivity index (χ1) is 16.2. The fourth-order valence-electron chi connectivity index (χ4n) is 3.57. The predicted molar refractivity (Wildman–Crippen MR) is 130 cm³/mol. The quantitative estimate of drug-likeness (QED) is 0.323. The third kappa shape index (κ3) is 8.56. The van der Waals surface area contributed by atoms with Gasteiger partial charge in [0.1, 0.15) is 18.2 Å². The Bertz CT molecular complexity index is 939. The second-order valence-electron chi connectivity index (χ2n) is 8.30. The Morgan fingerprint density at radius 2 is 1.82 bits per heavy atom. The number of esters is 1. The molecule has 2 aromatic rings. The van der Waals surface area contributed by atoms with E-state index in [1.54, 1.807) is 38.3 Å². The molecule has 0 aromatic heterocycles. The van der Waals surface area contributed by atoms with E-state index in [0.717, 1.165) is 22.3 Å². The SMILES string of the molecule is CCOC(=O)CC(O)CC(O)C=Cc1c(-c2ccc(F)cc2)cc(OCCOC)cc1C(C)C. The molecular weight excluding hydrogens is 439 g/mol. The number of aliphatic hydroxyl groups is 2. The Hall–Kier alpha value is -2.74. The van der Waals surface area contributed by atoms with Crippen LogP contribution in [0.2, 0.25) is 0 Å². The summed E-state index contributed by atoms with van der Waals surface area (Å²) < 4.78 is 29.3. The van der Waals surface area contributed by atoms with E-state index in [1.165, 1.54) is 12.1 Å². The lowest BCUT2D eigenvalue weighted by Crippen LogP contribution is -2.20. The molecule has 0 radical (unpaired) electrons. The maximum Gasteiger partial charge on any atom is 0.308 e. The number of hydrogen-bond acceptors (Lipinski definition) is 6. The zero-order valence-electron chi connectivity index (χ0n) is 20.3. The van der Waals surface area contributed by atoms with Gasteiger partial charge < -0.3 is 24.4 Å². The molecule has 0 aliphatic carbocycles. The Balaban J connectivity index is 2.37. The second-order valence-corrected chi connectivity index (χ2v) is 8.30. The van der Waals surface area contributed by atoms with E-state index in [2.05, 4.69) is 13.8 Å². The van der Waals surface area contributed by atoms with Gasteiger partial charge in [0.05, 0.1) is 31.8 Å². The standard InChI is InChI=1S/C27H35FO6/c1-5-33-27(31)15-22(30)14-21(29)10-11-24-25(18(2)3)16-23(34-13-12-32-4)17-26(24)19-6-8-20(28)9-7-19/h6-11,16-18,21-22,29-30H,5,12-15H2,1-4H3. The average molecular weight is 475 g/mol. The van der Waals surface area contributed by atoms with Crippen molar-refractivity contribution in [2.45, 2.75) is 51.7 Å². The third-order valence-electron chi connectivity index (χ3n) is 5.23. The van der Waals surface area contributed by atoms with Gasteiger partial charge >= 0.3 is 5.97 Å². The fraction of sp³-hybridized carbons (Fsp3) is 0.444. The van der Waals surface area contributed by atoms with Crippen LogP contribution in [0.1, 0.15) is 50.7 Å². The van der Waals surface area contributed by atoms with Crippen molar-refractivity contribution < 1.29 is 33.6 Å². The lowest BCUT2D eigenvalue weighted by Gasteiger charge is -2.19. The smallest absolute Gasteiger partial charge is 0.308 e. The normalized spacial score (nSPS) is 13.3. The highest BCUT2D eigenvalue weighted by Gasteiger charge is 2.17. The van der Waals surface area contributed by atoms with Crippen molar-refractivity contribution in [3.8, 4) is 16.9 Å². The van der Waals surface area contributed by atoms with Gasteiger partial charge in [0.15, 0.2) is 0 Å². The lowest BCUT2D eigenvalue weighted by molar-refractivity contribution is -0.145. The van der Waals surface area contributed by atoms with Gasteiger partial charge in [0.25, 0.3) is 0 Å². The molecule has 2 atom stereocenters. The van der Waals surface area contributed by atoms with Crippen molar-refractivity contribution in [2.24, 2.45) is 0 Å². The Morgan fingerprint density at radius 1 is 1.12 bits per heavy atom. The van der Waals surface area contributed by atoms with E-state index < -0.39 is 18.2 Å². The summed E-state index contributed by atoms with van der Waals surface area (Å²) in [7, 11) is 1.61. The van der Waals surface area contributed by atoms with Crippen LogP contribution >= 0.6 is 0 Å². The summed E-state index contributed by atoms with van der Waals surface area (Å²) in [6, 6.07) is 10.0. The van der Waals surface area contributed by atoms with Crippen molar-refractivity contribution in [3.63, 3.8) is 0 Å². The van der Waals surface area contributed by atoms with Gasteiger partial charge in [0.2, 0.25) is 0 Å². The summed E-state index contributed by atoms with van der Waals surface area (Å²) in [6.45, 7) is 6.89. The zero-order chi connectivity index (χ0) is 25.1. The summed E-state index contributed by atoms with van der Waals surface area (Å²) in [6.07, 6.45) is 1.23. The van der Waals surface area contributed by atoms with Crippen molar-refractivity contribution in [3.05, 3.63) is 59.4 Å². The van der Waals surface area contributed by atoms with Crippen LogP contribution in [0.15, 0.2) is 42.5 Å². The van der Waals surface area contributed by atoms with E-state index in [4.69, 9.17) is 14.2 Å². The van der Waals surface area contributed by atoms with Crippen LogP contribution in [0.5, 0.6) is 5.75 Å². The Kier molecular flexibility index (Phi) is 11.2. The van der Waals surface area contributed by atoms with E-state index in [-0.39, 0.29) is 31.2 Å². The van der Waals surface area contributed by atoms with Crippen molar-refractivity contribution in [2.75, 3.05) is 26.9 Å². The highest BCUT2D eigenvalue weighted by atomic mass is 19.1. The summed E-state index contributed by atoms with van der Waals surface area (Å²) >= 11 is 0. The monoisotopic (exact) mass is 474 g/mol. The van der Waals surface area contributed by atoms with Crippen LogP contribution in [0.4, 0.5) is 4.39 Å². The van der Waals surface area contributed by atoms with Crippen molar-refractivity contribution >= 4 is 12.0 Å². The molecule has 0 amide bonds. The molecule has 6 nitrogen and oxygen atoms in total. The number of halogens is 1. The molecule has 0 saturated heterocycles. The molecule has 0 spiro atoms. The first-order valence-electron chi connectivity index (χ1n) is 11.5. The van der Waals surface area contributed by atoms with Gasteiger partial charge in [-0.25, -0.2) is 4.39 Å². The first kappa shape index (κ1) is 27.5. The van der Waals surface area contributed by atoms with E-state index >= 15 is 0 Å². The van der Waals surface area contributed by atoms with Crippen LogP contribution in [0, 0.1) is 5.82 Å². The van der Waals surface area contributed by atoms with Gasteiger partial charge in [-0.3, -0.25) is 4.79 Å². The minimum Gasteiger partial charge on any atom is -0.491 e. The maximum atomic E-state index is 13.6. The predicted octanol–water partition coefficient (Wildman–Crippen LogP) is 4.72. The molecule has 34 heavy (non-hydrogen) atoms. The molecule has 0 bridgehead atoms. The van der Waals surface area contributed by atoms with Crippen LogP contribution < -0.4 is 4.74 Å². The molecule has 2 unspecified atom stereocenters. The molecule has 0 aliphatic heterocycles. The molecule has 186 valence electrons. The topological polar surface area (TPSA) is 85.2 Å². The molecule has 2 rings (SSSR count). The van der Waals surface area contributed by atoms with E-state index in [0.29, 0.717) is 19.0 Å². The second kappa shape index (κ2) is 13.8. The van der Waals surface area contributed by atoms with Crippen molar-refractivity contribution in [1.29, 1.82) is 0 Å². The minimum absolute atomic E-state index is 0.00355. The highest BCUT2D eigenvalue weighted by Crippen LogP contribution is 2.36. The van der Waals surface area contributed by atoms with Crippen LogP contribution in [0.25, 0.3) is 17.2 Å². The lowest BCUT2D eigenvalue weighted by atomic mass is 9.89. The number of rotatable bonds is 13. The van der Waals surface area contributed by atoms with Crippen LogP contribution in [0.3, 0.4) is 0 Å². The van der Waals surface area contributed by atoms with Crippen molar-refractivity contribution in [1.82, 2.24) is 0 Å². The zero-order valence-corrected chi connectivity index (χ0v) is 20.3. The Morgan fingerprint density at radius 3 is 2.44 bits per heavy atom. The average Bonchev–Trinajstić information content (AvgIpc) is 2.78. The van der Waals surface area contributed by atoms with E-state index in [9.17, 15) is 19.4 Å². The number of benzene rings is 2. The largest absolute Gasteiger partial charge is 0.491 e. The number of hydrogen-bond donors (Lipinski definition) is 2. The van der Waals surface area contributed by atoms with Gasteiger partial charge in [-0.2, -0.15) is 0 Å². The molecule has 7 heteroatoms. The fourth-order valence-corrected chi connectivity index (χ4v) is 3.57. The maximum absolute atomic E-state index is 13.6. The highest BCUT2D eigenvalue weighted by molar-refractivity contribution is 5.79. The third-order valence-corrected chi connectivity index (χ3v) is 5.23. The minimum atomic E-state index is -1.02. The molecule has 0 saturated carbocycles. The number of carbonyl (C=O) groups is 1. The summed E-state index contributed by atoms with van der Waals surface area (Å²) in [5.74, 6) is -0.0293. The Labute approximate surface area is 201 Å². The van der Waals surface area contributed by atoms with Gasteiger partial charge in [-0.05, 0) is 59.4 Å². The first-order valence-corrected chi connectivity index (χ1v) is 11.5. The molecule has 2 N–H and O–H groups in total. The molecule has 0 aliphatic rings. The molecule has 0 heterocycles. The summed E-state index contributed by atoms with van der Waals surface area (Å²) in [4.78, 5) is 11.6. The molecule has 2 aromatic carbocycles.